The fourth-order valence-corrected chi connectivity index (χ4v) is 3.59. The Balaban J connectivity index is 2.04. The van der Waals surface area contributed by atoms with Gasteiger partial charge in [0.1, 0.15) is 0 Å². The SMILES string of the molecule is CCOC(=O)[C@H](C)C[C@@H](Cc1ccc(-c2ccccc2)cc1)NC(=O)CCC(=O)OC(C)C. The molecule has 1 amide bonds. The van der Waals surface area contributed by atoms with E-state index in [1.54, 1.807) is 27.7 Å². The Bertz CT molecular complexity index is 892. The highest BCUT2D eigenvalue weighted by Gasteiger charge is 2.22. The van der Waals surface area contributed by atoms with Crippen LogP contribution in [0.3, 0.4) is 0 Å². The molecule has 2 aromatic rings. The van der Waals surface area contributed by atoms with Crippen LogP contribution >= 0.6 is 0 Å². The van der Waals surface area contributed by atoms with Crippen molar-refractivity contribution < 1.29 is 23.9 Å². The molecule has 1 N–H and O–H groups in total. The van der Waals surface area contributed by atoms with Crippen LogP contribution in [0, 0.1) is 5.92 Å². The van der Waals surface area contributed by atoms with Crippen LogP contribution in [-0.4, -0.2) is 36.6 Å². The minimum atomic E-state index is -0.395. The summed E-state index contributed by atoms with van der Waals surface area (Å²) in [6.45, 7) is 7.44. The average Bonchev–Trinajstić information content (AvgIpc) is 2.78. The van der Waals surface area contributed by atoms with Crippen LogP contribution in [0.15, 0.2) is 54.6 Å². The molecule has 6 heteroatoms. The second-order valence-electron chi connectivity index (χ2n) is 8.46. The monoisotopic (exact) mass is 453 g/mol. The van der Waals surface area contributed by atoms with Gasteiger partial charge < -0.3 is 14.8 Å². The van der Waals surface area contributed by atoms with E-state index in [0.29, 0.717) is 19.4 Å². The first kappa shape index (κ1) is 26.1. The maximum atomic E-state index is 12.5. The summed E-state index contributed by atoms with van der Waals surface area (Å²) in [5.41, 5.74) is 3.30. The van der Waals surface area contributed by atoms with Crippen LogP contribution in [0.1, 0.15) is 52.5 Å². The second kappa shape index (κ2) is 13.4. The molecular weight excluding hydrogens is 418 g/mol. The van der Waals surface area contributed by atoms with Crippen LogP contribution in [0.25, 0.3) is 11.1 Å². The summed E-state index contributed by atoms with van der Waals surface area (Å²) in [6, 6.07) is 18.0. The third-order valence-electron chi connectivity index (χ3n) is 5.16. The molecule has 0 spiro atoms. The summed E-state index contributed by atoms with van der Waals surface area (Å²) in [7, 11) is 0. The molecule has 2 atom stereocenters. The van der Waals surface area contributed by atoms with Crippen molar-refractivity contribution in [2.75, 3.05) is 6.61 Å². The largest absolute Gasteiger partial charge is 0.466 e. The van der Waals surface area contributed by atoms with E-state index in [2.05, 4.69) is 29.6 Å². The Morgan fingerprint density at radius 2 is 1.52 bits per heavy atom. The first-order valence-electron chi connectivity index (χ1n) is 11.6. The number of hydrogen-bond acceptors (Lipinski definition) is 5. The fourth-order valence-electron chi connectivity index (χ4n) is 3.59. The summed E-state index contributed by atoms with van der Waals surface area (Å²) in [5.74, 6) is -1.27. The number of rotatable bonds is 12. The number of benzene rings is 2. The highest BCUT2D eigenvalue weighted by molar-refractivity contribution is 5.81. The van der Waals surface area contributed by atoms with E-state index in [9.17, 15) is 14.4 Å². The van der Waals surface area contributed by atoms with E-state index in [1.807, 2.05) is 30.3 Å². The molecule has 0 aromatic heterocycles. The summed E-state index contributed by atoms with van der Waals surface area (Å²) in [4.78, 5) is 36.4. The standard InChI is InChI=1S/C27H35NO5/c1-5-32-27(31)20(4)17-24(28-25(29)15-16-26(30)33-19(2)3)18-21-11-13-23(14-12-21)22-9-7-6-8-10-22/h6-14,19-20,24H,5,15-18H2,1-4H3,(H,28,29)/t20-,24+/m1/s1. The van der Waals surface area contributed by atoms with Gasteiger partial charge in [0, 0.05) is 12.5 Å². The number of amides is 1. The van der Waals surface area contributed by atoms with Crippen molar-refractivity contribution in [3.63, 3.8) is 0 Å². The van der Waals surface area contributed by atoms with E-state index in [-0.39, 0.29) is 42.8 Å². The van der Waals surface area contributed by atoms with Crippen molar-refractivity contribution in [1.82, 2.24) is 5.32 Å². The molecule has 6 nitrogen and oxygen atoms in total. The zero-order valence-corrected chi connectivity index (χ0v) is 20.0. The molecule has 0 heterocycles. The zero-order valence-electron chi connectivity index (χ0n) is 20.0. The molecule has 0 aliphatic heterocycles. The van der Waals surface area contributed by atoms with Crippen molar-refractivity contribution in [3.8, 4) is 11.1 Å². The predicted molar refractivity (Wildman–Crippen MR) is 128 cm³/mol. The van der Waals surface area contributed by atoms with Crippen molar-refractivity contribution in [3.05, 3.63) is 60.2 Å². The quantitative estimate of drug-likeness (QED) is 0.471. The lowest BCUT2D eigenvalue weighted by Gasteiger charge is -2.22. The van der Waals surface area contributed by atoms with Crippen molar-refractivity contribution in [2.45, 2.75) is 65.5 Å². The molecule has 0 saturated heterocycles. The average molecular weight is 454 g/mol. The molecule has 0 fully saturated rings. The zero-order chi connectivity index (χ0) is 24.2. The van der Waals surface area contributed by atoms with E-state index in [0.717, 1.165) is 16.7 Å². The molecule has 2 aromatic carbocycles. The number of nitrogens with one attached hydrogen (secondary N) is 1. The van der Waals surface area contributed by atoms with Crippen LogP contribution in [0.2, 0.25) is 0 Å². The van der Waals surface area contributed by atoms with Crippen LogP contribution in [-0.2, 0) is 30.3 Å². The molecule has 33 heavy (non-hydrogen) atoms. The van der Waals surface area contributed by atoms with Gasteiger partial charge >= 0.3 is 11.9 Å². The molecule has 0 aliphatic carbocycles. The fraction of sp³-hybridized carbons (Fsp3) is 0.444. The first-order chi connectivity index (χ1) is 15.8. The second-order valence-corrected chi connectivity index (χ2v) is 8.46. The maximum absolute atomic E-state index is 12.5. The number of carbonyl (C=O) groups excluding carboxylic acids is 3. The molecule has 2 rings (SSSR count). The van der Waals surface area contributed by atoms with Gasteiger partial charge in [0.2, 0.25) is 5.91 Å². The lowest BCUT2D eigenvalue weighted by Crippen LogP contribution is -2.39. The van der Waals surface area contributed by atoms with Gasteiger partial charge in [0.25, 0.3) is 0 Å². The first-order valence-corrected chi connectivity index (χ1v) is 11.6. The maximum Gasteiger partial charge on any atom is 0.308 e. The minimum absolute atomic E-state index is 0.0237. The van der Waals surface area contributed by atoms with Gasteiger partial charge in [-0.25, -0.2) is 0 Å². The highest BCUT2D eigenvalue weighted by Crippen LogP contribution is 2.21. The summed E-state index contributed by atoms with van der Waals surface area (Å²) >= 11 is 0. The summed E-state index contributed by atoms with van der Waals surface area (Å²) < 4.78 is 10.2. The van der Waals surface area contributed by atoms with Gasteiger partial charge in [0.15, 0.2) is 0 Å². The third-order valence-corrected chi connectivity index (χ3v) is 5.16. The Labute approximate surface area is 196 Å². The lowest BCUT2D eigenvalue weighted by atomic mass is 9.94. The number of carbonyl (C=O) groups is 3. The van der Waals surface area contributed by atoms with E-state index < -0.39 is 5.97 Å². The Morgan fingerprint density at radius 3 is 2.12 bits per heavy atom. The Kier molecular flexibility index (Phi) is 10.6. The predicted octanol–water partition coefficient (Wildman–Crippen LogP) is 4.70. The van der Waals surface area contributed by atoms with Crippen molar-refractivity contribution >= 4 is 17.8 Å². The van der Waals surface area contributed by atoms with E-state index >= 15 is 0 Å². The summed E-state index contributed by atoms with van der Waals surface area (Å²) in [5, 5.41) is 2.99. The molecule has 178 valence electrons. The topological polar surface area (TPSA) is 81.7 Å². The highest BCUT2D eigenvalue weighted by atomic mass is 16.5. The van der Waals surface area contributed by atoms with Gasteiger partial charge in [-0.3, -0.25) is 14.4 Å². The molecular formula is C27H35NO5. The molecule has 0 radical (unpaired) electrons. The van der Waals surface area contributed by atoms with Gasteiger partial charge in [-0.1, -0.05) is 61.5 Å². The number of ether oxygens (including phenoxy) is 2. The Morgan fingerprint density at radius 1 is 0.879 bits per heavy atom. The number of hydrogen-bond donors (Lipinski definition) is 1. The molecule has 0 bridgehead atoms. The normalized spacial score (nSPS) is 12.6. The van der Waals surface area contributed by atoms with Crippen LogP contribution < -0.4 is 5.32 Å². The van der Waals surface area contributed by atoms with Gasteiger partial charge in [-0.15, -0.1) is 0 Å². The van der Waals surface area contributed by atoms with Crippen molar-refractivity contribution in [1.29, 1.82) is 0 Å². The smallest absolute Gasteiger partial charge is 0.308 e. The Hall–Kier alpha value is -3.15. The molecule has 0 saturated carbocycles. The molecule has 0 aliphatic rings. The van der Waals surface area contributed by atoms with Crippen LogP contribution in [0.5, 0.6) is 0 Å². The van der Waals surface area contributed by atoms with Gasteiger partial charge in [0.05, 0.1) is 25.0 Å². The van der Waals surface area contributed by atoms with Crippen LogP contribution in [0.4, 0.5) is 0 Å². The van der Waals surface area contributed by atoms with E-state index in [4.69, 9.17) is 9.47 Å². The lowest BCUT2D eigenvalue weighted by molar-refractivity contribution is -0.148. The number of esters is 2. The minimum Gasteiger partial charge on any atom is -0.466 e. The van der Waals surface area contributed by atoms with Gasteiger partial charge in [-0.2, -0.15) is 0 Å². The van der Waals surface area contributed by atoms with E-state index in [1.165, 1.54) is 0 Å². The molecule has 0 unspecified atom stereocenters. The third kappa shape index (κ3) is 9.48. The van der Waals surface area contributed by atoms with Gasteiger partial charge in [-0.05, 0) is 50.3 Å². The summed E-state index contributed by atoms with van der Waals surface area (Å²) in [6.07, 6.45) is 0.874. The van der Waals surface area contributed by atoms with Crippen molar-refractivity contribution in [2.24, 2.45) is 5.92 Å².